The first-order valence-corrected chi connectivity index (χ1v) is 14.2. The van der Waals surface area contributed by atoms with Crippen molar-refractivity contribution >= 4 is 23.4 Å². The Kier molecular flexibility index (Phi) is 6.85. The van der Waals surface area contributed by atoms with Crippen LogP contribution >= 0.6 is 11.6 Å². The fourth-order valence-electron chi connectivity index (χ4n) is 7.84. The molecule has 4 bridgehead atoms. The Balaban J connectivity index is 1.03. The quantitative estimate of drug-likeness (QED) is 0.548. The average molecular weight is 538 g/mol. The highest BCUT2D eigenvalue weighted by Gasteiger charge is 2.57. The zero-order valence-corrected chi connectivity index (χ0v) is 22.6. The number of likely N-dealkylation sites (tertiary alicyclic amines) is 1. The number of carbonyl (C=O) groups is 2. The molecule has 0 radical (unpaired) electrons. The van der Waals surface area contributed by atoms with Gasteiger partial charge in [-0.3, -0.25) is 14.6 Å². The predicted octanol–water partition coefficient (Wildman–Crippen LogP) is 4.10. The Morgan fingerprint density at radius 2 is 2.00 bits per heavy atom. The Labute approximate surface area is 229 Å². The lowest BCUT2D eigenvalue weighted by molar-refractivity contribution is -0.168. The molecular formula is C30H36ClN3O4. The summed E-state index contributed by atoms with van der Waals surface area (Å²) in [6.45, 7) is 1.13. The molecule has 7 nitrogen and oxygen atoms in total. The summed E-state index contributed by atoms with van der Waals surface area (Å²) in [6, 6.07) is 11.4. The molecule has 4 saturated carbocycles. The minimum Gasteiger partial charge on any atom is -0.484 e. The number of nitrogens with zero attached hydrogens (tertiary/aromatic N) is 3. The van der Waals surface area contributed by atoms with Gasteiger partial charge in [0.1, 0.15) is 5.75 Å². The normalized spacial score (nSPS) is 31.6. The molecule has 2 heterocycles. The first-order chi connectivity index (χ1) is 18.3. The third-order valence-electron chi connectivity index (χ3n) is 9.31. The van der Waals surface area contributed by atoms with Crippen LogP contribution in [0.4, 0.5) is 0 Å². The topological polar surface area (TPSA) is 83.0 Å². The maximum absolute atomic E-state index is 13.5. The number of hydrogen-bond acceptors (Lipinski definition) is 5. The summed E-state index contributed by atoms with van der Waals surface area (Å²) in [4.78, 5) is 34.0. The summed E-state index contributed by atoms with van der Waals surface area (Å²) >= 11 is 6.60. The van der Waals surface area contributed by atoms with Crippen molar-refractivity contribution in [3.05, 3.63) is 58.9 Å². The van der Waals surface area contributed by atoms with Gasteiger partial charge < -0.3 is 19.6 Å². The van der Waals surface area contributed by atoms with E-state index in [1.807, 2.05) is 30.3 Å². The molecule has 0 spiro atoms. The molecule has 202 valence electrons. The lowest BCUT2D eigenvalue weighted by Crippen LogP contribution is -2.62. The number of aromatic nitrogens is 1. The predicted molar refractivity (Wildman–Crippen MR) is 143 cm³/mol. The average Bonchev–Trinajstić information content (AvgIpc) is 3.23. The van der Waals surface area contributed by atoms with Crippen LogP contribution < -0.4 is 4.74 Å². The van der Waals surface area contributed by atoms with Crippen molar-refractivity contribution in [1.82, 2.24) is 14.8 Å². The second-order valence-corrected chi connectivity index (χ2v) is 12.4. The van der Waals surface area contributed by atoms with Gasteiger partial charge in [-0.15, -0.1) is 0 Å². The van der Waals surface area contributed by atoms with Crippen LogP contribution in [0.5, 0.6) is 5.75 Å². The van der Waals surface area contributed by atoms with Crippen LogP contribution in [0.25, 0.3) is 0 Å². The van der Waals surface area contributed by atoms with E-state index in [-0.39, 0.29) is 24.3 Å². The fraction of sp³-hybridized carbons (Fsp3) is 0.567. The first-order valence-electron chi connectivity index (χ1n) is 13.9. The molecule has 2 aromatic rings. The highest BCUT2D eigenvalue weighted by atomic mass is 35.5. The van der Waals surface area contributed by atoms with Gasteiger partial charge in [-0.05, 0) is 92.5 Å². The van der Waals surface area contributed by atoms with Crippen molar-refractivity contribution in [2.24, 2.45) is 23.7 Å². The summed E-state index contributed by atoms with van der Waals surface area (Å²) in [5, 5.41) is 11.5. The molecule has 1 aromatic heterocycles. The molecule has 1 aliphatic heterocycles. The van der Waals surface area contributed by atoms with E-state index >= 15 is 0 Å². The summed E-state index contributed by atoms with van der Waals surface area (Å²) in [7, 11) is 1.73. The molecular weight excluding hydrogens is 502 g/mol. The van der Waals surface area contributed by atoms with Gasteiger partial charge in [0.05, 0.1) is 17.8 Å². The number of aliphatic hydroxyl groups is 1. The Bertz CT molecular complexity index is 1190. The van der Waals surface area contributed by atoms with E-state index in [2.05, 4.69) is 9.88 Å². The highest BCUT2D eigenvalue weighted by Crippen LogP contribution is 2.57. The SMILES string of the molecule is CN(Cc1ccccn1)C(=O)COc1ccc(CC2CCN(C3C4CC5CC3CC(O)(C5)C4)C2=O)c(Cl)c1. The third-order valence-corrected chi connectivity index (χ3v) is 9.66. The zero-order chi connectivity index (χ0) is 26.4. The van der Waals surface area contributed by atoms with Gasteiger partial charge in [0, 0.05) is 36.8 Å². The van der Waals surface area contributed by atoms with Crippen molar-refractivity contribution in [1.29, 1.82) is 0 Å². The lowest BCUT2D eigenvalue weighted by Gasteiger charge is -2.59. The number of hydrogen-bond donors (Lipinski definition) is 1. The smallest absolute Gasteiger partial charge is 0.260 e. The number of rotatable bonds is 8. The van der Waals surface area contributed by atoms with Gasteiger partial charge in [0.2, 0.25) is 5.91 Å². The van der Waals surface area contributed by atoms with E-state index in [0.717, 1.165) is 56.3 Å². The number of amides is 2. The molecule has 5 fully saturated rings. The molecule has 1 saturated heterocycles. The Hall–Kier alpha value is -2.64. The van der Waals surface area contributed by atoms with Gasteiger partial charge in [-0.1, -0.05) is 23.7 Å². The molecule has 8 heteroatoms. The second-order valence-electron chi connectivity index (χ2n) is 12.0. The van der Waals surface area contributed by atoms with Crippen LogP contribution in [0.15, 0.2) is 42.6 Å². The molecule has 5 aliphatic rings. The highest BCUT2D eigenvalue weighted by molar-refractivity contribution is 6.31. The molecule has 1 aromatic carbocycles. The third kappa shape index (κ3) is 5.03. The maximum atomic E-state index is 13.5. The van der Waals surface area contributed by atoms with Crippen LogP contribution in [0, 0.1) is 23.7 Å². The van der Waals surface area contributed by atoms with Gasteiger partial charge >= 0.3 is 0 Å². The zero-order valence-electron chi connectivity index (χ0n) is 21.9. The van der Waals surface area contributed by atoms with Crippen LogP contribution in [-0.2, 0) is 22.6 Å². The number of ether oxygens (including phenoxy) is 1. The molecule has 38 heavy (non-hydrogen) atoms. The number of pyridine rings is 1. The summed E-state index contributed by atoms with van der Waals surface area (Å²) in [6.07, 6.45) is 8.14. The monoisotopic (exact) mass is 537 g/mol. The van der Waals surface area contributed by atoms with E-state index in [0.29, 0.717) is 47.5 Å². The van der Waals surface area contributed by atoms with E-state index in [1.54, 1.807) is 24.2 Å². The molecule has 4 aliphatic carbocycles. The molecule has 3 unspecified atom stereocenters. The van der Waals surface area contributed by atoms with Crippen LogP contribution in [0.1, 0.15) is 49.8 Å². The van der Waals surface area contributed by atoms with E-state index < -0.39 is 5.60 Å². The molecule has 7 rings (SSSR count). The van der Waals surface area contributed by atoms with Crippen LogP contribution in [0.2, 0.25) is 5.02 Å². The summed E-state index contributed by atoms with van der Waals surface area (Å²) in [5.41, 5.74) is 1.26. The van der Waals surface area contributed by atoms with Crippen LogP contribution in [0.3, 0.4) is 0 Å². The minimum absolute atomic E-state index is 0.0682. The molecule has 1 N–H and O–H groups in total. The van der Waals surface area contributed by atoms with Crippen molar-refractivity contribution in [2.45, 2.75) is 63.1 Å². The second kappa shape index (κ2) is 10.2. The Morgan fingerprint density at radius 1 is 1.21 bits per heavy atom. The largest absolute Gasteiger partial charge is 0.484 e. The van der Waals surface area contributed by atoms with Crippen molar-refractivity contribution in [3.63, 3.8) is 0 Å². The minimum atomic E-state index is -0.481. The van der Waals surface area contributed by atoms with E-state index in [4.69, 9.17) is 16.3 Å². The van der Waals surface area contributed by atoms with Crippen molar-refractivity contribution in [3.8, 4) is 5.75 Å². The first kappa shape index (κ1) is 25.6. The molecule has 2 amide bonds. The van der Waals surface area contributed by atoms with E-state index in [9.17, 15) is 14.7 Å². The van der Waals surface area contributed by atoms with Gasteiger partial charge in [0.25, 0.3) is 5.91 Å². The number of likely N-dealkylation sites (N-methyl/N-ethyl adjacent to an activating group) is 1. The van der Waals surface area contributed by atoms with Gasteiger partial charge in [-0.25, -0.2) is 0 Å². The summed E-state index contributed by atoms with van der Waals surface area (Å²) in [5.74, 6) is 2.08. The van der Waals surface area contributed by atoms with Crippen molar-refractivity contribution < 1.29 is 19.4 Å². The van der Waals surface area contributed by atoms with E-state index in [1.165, 1.54) is 0 Å². The number of halogens is 1. The maximum Gasteiger partial charge on any atom is 0.260 e. The van der Waals surface area contributed by atoms with Crippen molar-refractivity contribution in [2.75, 3.05) is 20.2 Å². The van der Waals surface area contributed by atoms with Gasteiger partial charge in [0.15, 0.2) is 6.61 Å². The fourth-order valence-corrected chi connectivity index (χ4v) is 8.09. The van der Waals surface area contributed by atoms with Crippen LogP contribution in [-0.4, -0.2) is 63.5 Å². The van der Waals surface area contributed by atoms with Gasteiger partial charge in [-0.2, -0.15) is 0 Å². The molecule has 3 atom stereocenters. The Morgan fingerprint density at radius 3 is 2.68 bits per heavy atom. The lowest BCUT2D eigenvalue weighted by atomic mass is 9.52. The standard InChI is InChI=1S/C30H36ClN3O4/c1-33(17-24-4-2-3-8-32-24)27(35)18-38-25-6-5-20(26(31)13-25)12-21-7-9-34(29(21)36)28-22-10-19-11-23(28)16-30(37,14-19)15-22/h2-6,8,13,19,21-23,28,37H,7,9-12,14-18H2,1H3. The number of carbonyl (C=O) groups excluding carboxylic acids is 2. The summed E-state index contributed by atoms with van der Waals surface area (Å²) < 4.78 is 5.72. The number of benzene rings is 1.